The van der Waals surface area contributed by atoms with Crippen LogP contribution in [-0.2, 0) is 24.0 Å². The number of halogens is 3. The summed E-state index contributed by atoms with van der Waals surface area (Å²) in [6.07, 6.45) is -6.43. The van der Waals surface area contributed by atoms with Gasteiger partial charge in [0.25, 0.3) is 17.6 Å². The van der Waals surface area contributed by atoms with Gasteiger partial charge in [-0.05, 0) is 43.2 Å². The summed E-state index contributed by atoms with van der Waals surface area (Å²) in [5, 5.41) is 22.4. The van der Waals surface area contributed by atoms with Gasteiger partial charge in [0.05, 0.1) is 12.1 Å². The second kappa shape index (κ2) is 14.6. The Hall–Kier alpha value is -4.34. The van der Waals surface area contributed by atoms with E-state index in [0.29, 0.717) is 0 Å². The van der Waals surface area contributed by atoms with Crippen LogP contribution in [0.3, 0.4) is 0 Å². The van der Waals surface area contributed by atoms with Crippen LogP contribution in [0.2, 0.25) is 0 Å². The minimum Gasteiger partial charge on any atom is -0.481 e. The zero-order chi connectivity index (χ0) is 34.4. The number of hydrogen-bond acceptors (Lipinski definition) is 8. The highest BCUT2D eigenvalue weighted by Crippen LogP contribution is 2.35. The van der Waals surface area contributed by atoms with Gasteiger partial charge in [-0.2, -0.15) is 13.2 Å². The van der Waals surface area contributed by atoms with Crippen LogP contribution in [0.15, 0.2) is 24.3 Å². The fourth-order valence-electron chi connectivity index (χ4n) is 4.91. The van der Waals surface area contributed by atoms with Gasteiger partial charge in [-0.1, -0.05) is 39.8 Å². The Morgan fingerprint density at radius 2 is 1.49 bits per heavy atom. The fraction of sp³-hybridized carbons (Fsp3) is 0.552. The number of ketones is 2. The van der Waals surface area contributed by atoms with Gasteiger partial charge in [-0.3, -0.25) is 28.8 Å². The highest BCUT2D eigenvalue weighted by molar-refractivity contribution is 6.20. The van der Waals surface area contributed by atoms with Crippen molar-refractivity contribution in [1.29, 1.82) is 0 Å². The number of rotatable bonds is 14. The highest BCUT2D eigenvalue weighted by atomic mass is 19.4. The number of aliphatic carboxylic acids is 2. The summed E-state index contributed by atoms with van der Waals surface area (Å²) < 4.78 is 40.1. The van der Waals surface area contributed by atoms with Gasteiger partial charge < -0.3 is 31.5 Å². The molecule has 1 heterocycles. The summed E-state index contributed by atoms with van der Waals surface area (Å²) in [5.41, 5.74) is 3.32. The molecule has 1 aromatic carbocycles. The zero-order valence-electron chi connectivity index (χ0n) is 25.1. The van der Waals surface area contributed by atoms with Crippen molar-refractivity contribution in [2.24, 2.45) is 17.6 Å². The number of amides is 3. The minimum atomic E-state index is -5.30. The van der Waals surface area contributed by atoms with Gasteiger partial charge >= 0.3 is 18.1 Å². The fourth-order valence-corrected chi connectivity index (χ4v) is 4.91. The Kier molecular flexibility index (Phi) is 12.0. The molecule has 0 radical (unpaired) electrons. The number of carboxylic acid groups (broad SMARTS) is 2. The first-order valence-electron chi connectivity index (χ1n) is 14.1. The molecule has 4 atom stereocenters. The first kappa shape index (κ1) is 36.8. The average molecular weight is 643 g/mol. The van der Waals surface area contributed by atoms with Crippen molar-refractivity contribution < 1.29 is 56.9 Å². The van der Waals surface area contributed by atoms with E-state index in [0.717, 1.165) is 29.2 Å². The second-order valence-corrected chi connectivity index (χ2v) is 11.5. The van der Waals surface area contributed by atoms with E-state index in [1.807, 2.05) is 0 Å². The molecule has 13 nitrogen and oxygen atoms in total. The molecule has 0 bridgehead atoms. The van der Waals surface area contributed by atoms with Crippen LogP contribution in [0, 0.1) is 11.8 Å². The molecule has 1 aliphatic rings. The third-order valence-corrected chi connectivity index (χ3v) is 7.58. The summed E-state index contributed by atoms with van der Waals surface area (Å²) in [4.78, 5) is 89.4. The first-order valence-corrected chi connectivity index (χ1v) is 14.1. The minimum absolute atomic E-state index is 0.0999. The Morgan fingerprint density at radius 3 is 1.96 bits per heavy atom. The number of nitrogens with one attached hydrogen (secondary N) is 2. The maximum absolute atomic E-state index is 14.1. The van der Waals surface area contributed by atoms with Crippen molar-refractivity contribution in [3.05, 3.63) is 35.4 Å². The molecule has 248 valence electrons. The number of Topliss-reactive ketones (excluding diaryl/α,β-unsaturated/α-hetero) is 2. The molecule has 2 rings (SSSR count). The lowest BCUT2D eigenvalue weighted by Gasteiger charge is -2.39. The Labute approximate surface area is 256 Å². The van der Waals surface area contributed by atoms with Crippen molar-refractivity contribution in [3.63, 3.8) is 0 Å². The molecule has 45 heavy (non-hydrogen) atoms. The maximum atomic E-state index is 14.1. The molecule has 6 N–H and O–H groups in total. The molecule has 0 aliphatic carbocycles. The number of carbonyl (C=O) groups excluding carboxylic acids is 5. The predicted octanol–water partition coefficient (Wildman–Crippen LogP) is 1.53. The summed E-state index contributed by atoms with van der Waals surface area (Å²) in [6.45, 7) is 5.66. The van der Waals surface area contributed by atoms with Crippen molar-refractivity contribution >= 4 is 41.2 Å². The van der Waals surface area contributed by atoms with Crippen LogP contribution in [0.1, 0.15) is 74.1 Å². The predicted molar refractivity (Wildman–Crippen MR) is 151 cm³/mol. The molecule has 0 aromatic heterocycles. The van der Waals surface area contributed by atoms with E-state index in [4.69, 9.17) is 10.8 Å². The van der Waals surface area contributed by atoms with E-state index in [1.54, 1.807) is 13.8 Å². The number of alkyl halides is 3. The van der Waals surface area contributed by atoms with Crippen molar-refractivity contribution in [3.8, 4) is 0 Å². The van der Waals surface area contributed by atoms with E-state index >= 15 is 0 Å². The molecule has 3 amide bonds. The second-order valence-electron chi connectivity index (χ2n) is 11.5. The molecule has 1 aromatic rings. The number of carboxylic acids is 2. The molecule has 1 fully saturated rings. The van der Waals surface area contributed by atoms with Crippen LogP contribution >= 0.6 is 0 Å². The normalized spacial score (nSPS) is 18.7. The summed E-state index contributed by atoms with van der Waals surface area (Å²) in [7, 11) is 0. The number of nitrogens with zero attached hydrogens (tertiary/aromatic N) is 1. The van der Waals surface area contributed by atoms with Crippen LogP contribution in [0.25, 0.3) is 0 Å². The van der Waals surface area contributed by atoms with Crippen LogP contribution in [-0.4, -0.2) is 92.7 Å². The first-order chi connectivity index (χ1) is 20.7. The Balaban J connectivity index is 2.52. The van der Waals surface area contributed by atoms with Crippen molar-refractivity contribution in [2.45, 2.75) is 83.2 Å². The van der Waals surface area contributed by atoms with Gasteiger partial charge in [-0.25, -0.2) is 4.79 Å². The van der Waals surface area contributed by atoms with Gasteiger partial charge in [0, 0.05) is 24.1 Å². The summed E-state index contributed by atoms with van der Waals surface area (Å²) in [6, 6.07) is -0.293. The Morgan fingerprint density at radius 1 is 0.933 bits per heavy atom. The molecular weight excluding hydrogens is 605 g/mol. The third kappa shape index (κ3) is 8.44. The molecule has 0 saturated carbocycles. The largest absolute Gasteiger partial charge is 0.481 e. The van der Waals surface area contributed by atoms with Crippen LogP contribution in [0.4, 0.5) is 13.2 Å². The lowest BCUT2D eigenvalue weighted by molar-refractivity contribution is -0.175. The lowest BCUT2D eigenvalue weighted by Crippen LogP contribution is -2.67. The van der Waals surface area contributed by atoms with E-state index in [-0.39, 0.29) is 30.5 Å². The molecule has 1 aliphatic heterocycles. The summed E-state index contributed by atoms with van der Waals surface area (Å²) >= 11 is 0. The van der Waals surface area contributed by atoms with E-state index < -0.39 is 95.7 Å². The van der Waals surface area contributed by atoms with Crippen molar-refractivity contribution in [1.82, 2.24) is 15.5 Å². The van der Waals surface area contributed by atoms with E-state index in [2.05, 4.69) is 10.6 Å². The number of benzene rings is 1. The summed E-state index contributed by atoms with van der Waals surface area (Å²) in [5.74, 6) is -10.5. The smallest absolute Gasteiger partial charge is 0.452 e. The number of nitrogens with two attached hydrogens (primary N) is 1. The number of hydrogen-bond donors (Lipinski definition) is 5. The molecule has 0 spiro atoms. The topological polar surface area (TPSA) is 213 Å². The van der Waals surface area contributed by atoms with Gasteiger partial charge in [0.1, 0.15) is 6.04 Å². The average Bonchev–Trinajstić information content (AvgIpc) is 3.41. The van der Waals surface area contributed by atoms with Crippen LogP contribution < -0.4 is 16.4 Å². The van der Waals surface area contributed by atoms with Gasteiger partial charge in [-0.15, -0.1) is 0 Å². The zero-order valence-corrected chi connectivity index (χ0v) is 25.1. The standard InChI is InChI=1S/C29H37F3N4O9/c1-14(2)20(33)25(42)36-13-5-12-28(36,27(45)35-21(15(3)4)23(40)29(30,31)32)22(39)16-6-8-17(9-7-16)24(41)34-18(26(43)44)10-11-19(37)38/h6-9,14-15,18,20-21H,5,10-13,33H2,1-4H3,(H,34,41)(H,35,45)(H,37,38)(H,43,44)/t18-,20-,21?,28+/m0/s1. The van der Waals surface area contributed by atoms with Crippen LogP contribution in [0.5, 0.6) is 0 Å². The third-order valence-electron chi connectivity index (χ3n) is 7.58. The van der Waals surface area contributed by atoms with Crippen molar-refractivity contribution in [2.75, 3.05) is 6.54 Å². The number of likely N-dealkylation sites (tertiary alicyclic amines) is 1. The Bertz CT molecular complexity index is 1330. The number of carbonyl (C=O) groups is 7. The van der Waals surface area contributed by atoms with Gasteiger partial charge in [0.2, 0.25) is 5.91 Å². The van der Waals surface area contributed by atoms with E-state index in [9.17, 15) is 51.8 Å². The highest BCUT2D eigenvalue weighted by Gasteiger charge is 2.57. The molecule has 1 saturated heterocycles. The molecule has 1 unspecified atom stereocenters. The van der Waals surface area contributed by atoms with E-state index in [1.165, 1.54) is 13.8 Å². The molecular formula is C29H37F3N4O9. The maximum Gasteiger partial charge on any atom is 0.452 e. The quantitative estimate of drug-likeness (QED) is 0.146. The van der Waals surface area contributed by atoms with Gasteiger partial charge in [0.15, 0.2) is 11.3 Å². The molecule has 16 heteroatoms. The monoisotopic (exact) mass is 642 g/mol. The SMILES string of the molecule is CC(C)C(NC(=O)[C@]1(C(=O)c2ccc(C(=O)N[C@@H](CCC(=O)O)C(=O)O)cc2)CCCN1C(=O)[C@@H](N)C(C)C)C(=O)C(F)(F)F. The lowest BCUT2D eigenvalue weighted by atomic mass is 9.83.